The van der Waals surface area contributed by atoms with Crippen molar-refractivity contribution in [1.82, 2.24) is 20.7 Å². The highest BCUT2D eigenvalue weighted by molar-refractivity contribution is 9.10. The van der Waals surface area contributed by atoms with Crippen molar-refractivity contribution in [3.63, 3.8) is 0 Å². The van der Waals surface area contributed by atoms with E-state index < -0.39 is 18.3 Å². The third kappa shape index (κ3) is 4.81. The van der Waals surface area contributed by atoms with Crippen molar-refractivity contribution in [2.75, 3.05) is 13.7 Å². The quantitative estimate of drug-likeness (QED) is 0.632. The number of carbonyl (C=O) groups is 3. The first kappa shape index (κ1) is 21.8. The Bertz CT molecular complexity index is 857. The van der Waals surface area contributed by atoms with Gasteiger partial charge in [0.05, 0.1) is 12.8 Å². The smallest absolute Gasteiger partial charge is 0.407 e. The molecule has 2 unspecified atom stereocenters. The van der Waals surface area contributed by atoms with Crippen molar-refractivity contribution in [2.45, 2.75) is 37.9 Å². The number of nitrogens with zero attached hydrogens (tertiary/aromatic N) is 3. The summed E-state index contributed by atoms with van der Waals surface area (Å²) in [6.45, 7) is 3.98. The summed E-state index contributed by atoms with van der Waals surface area (Å²) < 4.78 is 5.56. The lowest BCUT2D eigenvalue weighted by Gasteiger charge is -2.44. The van der Waals surface area contributed by atoms with E-state index in [0.29, 0.717) is 18.7 Å². The van der Waals surface area contributed by atoms with Crippen molar-refractivity contribution in [3.8, 4) is 0 Å². The predicted molar refractivity (Wildman–Crippen MR) is 115 cm³/mol. The minimum absolute atomic E-state index is 0.153. The lowest BCUT2D eigenvalue weighted by Crippen LogP contribution is -2.63. The standard InChI is InChI=1S/C20H24BrN5O4/c1-22-12-16(13-5-7-14(21)8-6-13)23-17-4-3-11-25-18(27)10-9-15(19(28)26(17)25)24-20(29)30-2/h5-8,12,15,17,23H,1,3-4,9-11H2,2H3,(H,24,29)/b16-12-. The number of alkyl carbamates (subject to hydrolysis) is 1. The average molecular weight is 478 g/mol. The maximum atomic E-state index is 13.3. The van der Waals surface area contributed by atoms with E-state index in [4.69, 9.17) is 0 Å². The first-order chi connectivity index (χ1) is 14.4. The van der Waals surface area contributed by atoms with Gasteiger partial charge in [-0.25, -0.2) is 14.8 Å². The predicted octanol–water partition coefficient (Wildman–Crippen LogP) is 2.25. The number of hydrogen-bond donors (Lipinski definition) is 2. The first-order valence-electron chi connectivity index (χ1n) is 9.61. The van der Waals surface area contributed by atoms with Crippen molar-refractivity contribution in [1.29, 1.82) is 0 Å². The van der Waals surface area contributed by atoms with Crippen LogP contribution in [-0.2, 0) is 14.3 Å². The maximum Gasteiger partial charge on any atom is 0.407 e. The Hall–Kier alpha value is -2.88. The number of amides is 3. The molecule has 10 heteroatoms. The fraction of sp³-hybridized carbons (Fsp3) is 0.400. The van der Waals surface area contributed by atoms with Gasteiger partial charge in [0.15, 0.2) is 0 Å². The lowest BCUT2D eigenvalue weighted by atomic mass is 10.1. The molecule has 1 aromatic rings. The van der Waals surface area contributed by atoms with Gasteiger partial charge >= 0.3 is 6.09 Å². The minimum atomic E-state index is -0.841. The highest BCUT2D eigenvalue weighted by Gasteiger charge is 2.42. The Balaban J connectivity index is 1.89. The lowest BCUT2D eigenvalue weighted by molar-refractivity contribution is -0.174. The third-order valence-electron chi connectivity index (χ3n) is 5.04. The molecule has 1 aromatic carbocycles. The molecule has 2 saturated heterocycles. The molecule has 160 valence electrons. The van der Waals surface area contributed by atoms with Crippen molar-refractivity contribution >= 4 is 46.3 Å². The van der Waals surface area contributed by atoms with E-state index in [2.05, 4.69) is 43.0 Å². The Morgan fingerprint density at radius 1 is 1.27 bits per heavy atom. The molecular weight excluding hydrogens is 454 g/mol. The summed E-state index contributed by atoms with van der Waals surface area (Å²) in [4.78, 5) is 41.5. The Labute approximate surface area is 183 Å². The molecule has 30 heavy (non-hydrogen) atoms. The molecule has 0 radical (unpaired) electrons. The van der Waals surface area contributed by atoms with Gasteiger partial charge in [-0.15, -0.1) is 0 Å². The normalized spacial score (nSPS) is 22.1. The number of nitrogens with one attached hydrogen (secondary N) is 2. The van der Waals surface area contributed by atoms with Gasteiger partial charge in [-0.05, 0) is 43.7 Å². The second-order valence-corrected chi connectivity index (χ2v) is 7.88. The summed E-state index contributed by atoms with van der Waals surface area (Å²) in [5.41, 5.74) is 1.53. The van der Waals surface area contributed by atoms with Crippen LogP contribution in [0.2, 0.25) is 0 Å². The van der Waals surface area contributed by atoms with Crippen LogP contribution in [0.1, 0.15) is 31.2 Å². The highest BCUT2D eigenvalue weighted by atomic mass is 79.9. The van der Waals surface area contributed by atoms with Gasteiger partial charge < -0.3 is 15.4 Å². The van der Waals surface area contributed by atoms with Crippen LogP contribution < -0.4 is 10.6 Å². The van der Waals surface area contributed by atoms with E-state index in [1.165, 1.54) is 17.1 Å². The van der Waals surface area contributed by atoms with Gasteiger partial charge in [0.1, 0.15) is 12.2 Å². The van der Waals surface area contributed by atoms with Crippen molar-refractivity contribution < 1.29 is 19.1 Å². The summed E-state index contributed by atoms with van der Waals surface area (Å²) in [5, 5.41) is 8.78. The maximum absolute atomic E-state index is 13.3. The fourth-order valence-electron chi connectivity index (χ4n) is 3.59. The molecule has 3 amide bonds. The molecule has 3 rings (SSSR count). The molecule has 0 aliphatic carbocycles. The van der Waals surface area contributed by atoms with E-state index in [0.717, 1.165) is 16.5 Å². The number of benzene rings is 1. The summed E-state index contributed by atoms with van der Waals surface area (Å²) >= 11 is 3.42. The molecule has 0 spiro atoms. The molecular formula is C20H24BrN5O4. The van der Waals surface area contributed by atoms with Crippen molar-refractivity contribution in [3.05, 3.63) is 40.5 Å². The van der Waals surface area contributed by atoms with Crippen LogP contribution in [0.5, 0.6) is 0 Å². The zero-order valence-electron chi connectivity index (χ0n) is 16.6. The van der Waals surface area contributed by atoms with E-state index in [-0.39, 0.29) is 24.7 Å². The van der Waals surface area contributed by atoms with Crippen LogP contribution in [0.4, 0.5) is 4.79 Å². The fourth-order valence-corrected chi connectivity index (χ4v) is 3.86. The Kier molecular flexibility index (Phi) is 7.09. The van der Waals surface area contributed by atoms with E-state index >= 15 is 0 Å². The van der Waals surface area contributed by atoms with Crippen LogP contribution in [0.25, 0.3) is 5.70 Å². The molecule has 2 aliphatic heterocycles. The number of ether oxygens (including phenoxy) is 1. The Morgan fingerprint density at radius 2 is 2.00 bits per heavy atom. The van der Waals surface area contributed by atoms with E-state index in [1.54, 1.807) is 6.20 Å². The van der Waals surface area contributed by atoms with Crippen LogP contribution in [0, 0.1) is 0 Å². The molecule has 0 aromatic heterocycles. The van der Waals surface area contributed by atoms with Gasteiger partial charge in [-0.3, -0.25) is 14.6 Å². The number of methoxy groups -OCH3 is 1. The third-order valence-corrected chi connectivity index (χ3v) is 5.57. The van der Waals surface area contributed by atoms with Gasteiger partial charge in [0.25, 0.3) is 5.91 Å². The summed E-state index contributed by atoms with van der Waals surface area (Å²) in [5.74, 6) is -0.509. The summed E-state index contributed by atoms with van der Waals surface area (Å²) in [7, 11) is 1.23. The zero-order chi connectivity index (χ0) is 21.7. The van der Waals surface area contributed by atoms with Crippen LogP contribution >= 0.6 is 15.9 Å². The molecule has 0 saturated carbocycles. The zero-order valence-corrected chi connectivity index (χ0v) is 18.2. The van der Waals surface area contributed by atoms with Crippen LogP contribution in [-0.4, -0.2) is 60.5 Å². The Morgan fingerprint density at radius 3 is 2.67 bits per heavy atom. The number of hydrogen-bond acceptors (Lipinski definition) is 6. The van der Waals surface area contributed by atoms with Crippen LogP contribution in [0.3, 0.4) is 0 Å². The minimum Gasteiger partial charge on any atom is -0.453 e. The molecule has 2 N–H and O–H groups in total. The molecule has 0 bridgehead atoms. The molecule has 2 aliphatic rings. The van der Waals surface area contributed by atoms with E-state index in [1.807, 2.05) is 24.3 Å². The molecule has 2 atom stereocenters. The van der Waals surface area contributed by atoms with Gasteiger partial charge in [0, 0.05) is 23.6 Å². The topological polar surface area (TPSA) is 103 Å². The SMILES string of the molecule is C=N/C=C(\NC1CCCN2C(=O)CCC(NC(=O)OC)C(=O)N12)c1ccc(Br)cc1. The summed E-state index contributed by atoms with van der Waals surface area (Å²) in [6, 6.07) is 6.78. The average Bonchev–Trinajstić information content (AvgIpc) is 2.86. The van der Waals surface area contributed by atoms with Gasteiger partial charge in [-0.2, -0.15) is 0 Å². The number of rotatable bonds is 5. The number of halogens is 1. The number of aliphatic imine (C=N–C) groups is 1. The highest BCUT2D eigenvalue weighted by Crippen LogP contribution is 2.26. The second kappa shape index (κ2) is 9.75. The number of fused-ring (bicyclic) bond motifs is 1. The largest absolute Gasteiger partial charge is 0.453 e. The monoisotopic (exact) mass is 477 g/mol. The molecule has 2 fully saturated rings. The molecule has 9 nitrogen and oxygen atoms in total. The summed E-state index contributed by atoms with van der Waals surface area (Å²) in [6.07, 6.45) is 2.14. The van der Waals surface area contributed by atoms with Crippen molar-refractivity contribution in [2.24, 2.45) is 4.99 Å². The first-order valence-corrected chi connectivity index (χ1v) is 10.4. The van der Waals surface area contributed by atoms with Gasteiger partial charge in [-0.1, -0.05) is 28.1 Å². The molecule has 2 heterocycles. The van der Waals surface area contributed by atoms with Gasteiger partial charge in [0.2, 0.25) is 5.91 Å². The van der Waals surface area contributed by atoms with Crippen LogP contribution in [0.15, 0.2) is 39.9 Å². The van der Waals surface area contributed by atoms with E-state index in [9.17, 15) is 14.4 Å². The number of hydrazine groups is 1. The number of carbonyl (C=O) groups excluding carboxylic acids is 3. The second-order valence-electron chi connectivity index (χ2n) is 6.96.